The molecular formula is C20H19Cl2N5O3S. The van der Waals surface area contributed by atoms with Crippen molar-refractivity contribution in [1.82, 2.24) is 9.97 Å². The maximum atomic E-state index is 13.2. The lowest BCUT2D eigenvalue weighted by molar-refractivity contribution is 0.0984. The number of amides is 1. The molecule has 3 aromatic rings. The number of nitrogens with zero attached hydrogens (tertiary/aromatic N) is 3. The van der Waals surface area contributed by atoms with Crippen molar-refractivity contribution in [1.29, 1.82) is 0 Å². The van der Waals surface area contributed by atoms with E-state index in [1.54, 1.807) is 32.0 Å². The fraction of sp³-hybridized carbons (Fsp3) is 0.150. The summed E-state index contributed by atoms with van der Waals surface area (Å²) in [6.07, 6.45) is 1.26. The van der Waals surface area contributed by atoms with Gasteiger partial charge in [0.25, 0.3) is 15.9 Å². The molecule has 0 aliphatic heterocycles. The maximum Gasteiger partial charge on any atom is 0.280 e. The standard InChI is InChI=1S/C20H19Cl2N5O3S/c1-3-27(18-6-4-5-17(23)25-18)20(28)19-16(10-13(21)11-24-19)26-31(29,30)14-7-8-15(22)12(2)9-14/h4-11,26H,3H2,1-2H3,(H2,23,25). The lowest BCUT2D eigenvalue weighted by Crippen LogP contribution is -2.33. The zero-order valence-corrected chi connectivity index (χ0v) is 19.0. The highest BCUT2D eigenvalue weighted by Gasteiger charge is 2.25. The molecule has 3 N–H and O–H groups in total. The molecule has 0 spiro atoms. The number of carbonyl (C=O) groups is 1. The zero-order valence-electron chi connectivity index (χ0n) is 16.6. The Morgan fingerprint density at radius 1 is 1.19 bits per heavy atom. The van der Waals surface area contributed by atoms with Crippen LogP contribution in [0.4, 0.5) is 17.3 Å². The van der Waals surface area contributed by atoms with Crippen molar-refractivity contribution in [3.05, 3.63) is 70.0 Å². The second-order valence-electron chi connectivity index (χ2n) is 6.54. The summed E-state index contributed by atoms with van der Waals surface area (Å²) in [5, 5.41) is 0.596. The third-order valence-electron chi connectivity index (χ3n) is 4.33. The molecule has 1 aromatic carbocycles. The lowest BCUT2D eigenvalue weighted by Gasteiger charge is -2.21. The van der Waals surface area contributed by atoms with Gasteiger partial charge in [0.15, 0.2) is 5.69 Å². The Hall–Kier alpha value is -2.88. The highest BCUT2D eigenvalue weighted by atomic mass is 35.5. The predicted octanol–water partition coefficient (Wildman–Crippen LogP) is 4.14. The SMILES string of the molecule is CCN(C(=O)c1ncc(Cl)cc1NS(=O)(=O)c1ccc(Cl)c(C)c1)c1cccc(N)n1. The minimum Gasteiger partial charge on any atom is -0.384 e. The van der Waals surface area contributed by atoms with Gasteiger partial charge in [0.1, 0.15) is 11.6 Å². The molecule has 2 aromatic heterocycles. The third kappa shape index (κ3) is 5.07. The summed E-state index contributed by atoms with van der Waals surface area (Å²) in [6.45, 7) is 3.69. The van der Waals surface area contributed by atoms with Crippen LogP contribution in [0.3, 0.4) is 0 Å². The van der Waals surface area contributed by atoms with Gasteiger partial charge in [-0.3, -0.25) is 14.4 Å². The molecule has 162 valence electrons. The number of aryl methyl sites for hydroxylation is 1. The first kappa shape index (κ1) is 22.8. The molecular weight excluding hydrogens is 461 g/mol. The summed E-state index contributed by atoms with van der Waals surface area (Å²) in [6, 6.07) is 10.5. The molecule has 0 fully saturated rings. The molecule has 0 atom stereocenters. The van der Waals surface area contributed by atoms with E-state index in [0.29, 0.717) is 16.4 Å². The van der Waals surface area contributed by atoms with Crippen LogP contribution in [0.5, 0.6) is 0 Å². The normalized spacial score (nSPS) is 11.2. The first-order valence-corrected chi connectivity index (χ1v) is 11.3. The topological polar surface area (TPSA) is 118 Å². The molecule has 2 heterocycles. The van der Waals surface area contributed by atoms with Crippen LogP contribution in [0.1, 0.15) is 23.0 Å². The Kier molecular flexibility index (Phi) is 6.68. The van der Waals surface area contributed by atoms with E-state index in [9.17, 15) is 13.2 Å². The summed E-state index contributed by atoms with van der Waals surface area (Å²) >= 11 is 12.0. The Morgan fingerprint density at radius 2 is 1.94 bits per heavy atom. The van der Waals surface area contributed by atoms with Gasteiger partial charge in [-0.1, -0.05) is 29.3 Å². The van der Waals surface area contributed by atoms with E-state index >= 15 is 0 Å². The largest absolute Gasteiger partial charge is 0.384 e. The molecule has 0 bridgehead atoms. The number of nitrogens with two attached hydrogens (primary N) is 1. The van der Waals surface area contributed by atoms with Gasteiger partial charge < -0.3 is 5.73 Å². The summed E-state index contributed by atoms with van der Waals surface area (Å²) in [7, 11) is -4.04. The number of nitrogens with one attached hydrogen (secondary N) is 1. The fourth-order valence-electron chi connectivity index (χ4n) is 2.80. The molecule has 1 amide bonds. The first-order valence-electron chi connectivity index (χ1n) is 9.11. The van der Waals surface area contributed by atoms with Crippen molar-refractivity contribution >= 4 is 56.5 Å². The van der Waals surface area contributed by atoms with Crippen LogP contribution in [0.2, 0.25) is 10.0 Å². The van der Waals surface area contributed by atoms with Crippen molar-refractivity contribution in [2.45, 2.75) is 18.7 Å². The van der Waals surface area contributed by atoms with Crippen LogP contribution in [0.15, 0.2) is 53.6 Å². The van der Waals surface area contributed by atoms with Crippen molar-refractivity contribution in [3.8, 4) is 0 Å². The second kappa shape index (κ2) is 9.09. The van der Waals surface area contributed by atoms with Gasteiger partial charge in [0.05, 0.1) is 15.6 Å². The van der Waals surface area contributed by atoms with E-state index in [2.05, 4.69) is 14.7 Å². The summed E-state index contributed by atoms with van der Waals surface area (Å²) in [5.41, 5.74) is 6.12. The Labute approximate surface area is 190 Å². The molecule has 0 aliphatic rings. The van der Waals surface area contributed by atoms with E-state index < -0.39 is 15.9 Å². The average Bonchev–Trinajstić information content (AvgIpc) is 2.70. The maximum absolute atomic E-state index is 13.2. The summed E-state index contributed by atoms with van der Waals surface area (Å²) in [4.78, 5) is 22.8. The second-order valence-corrected chi connectivity index (χ2v) is 9.06. The van der Waals surface area contributed by atoms with Gasteiger partial charge in [-0.2, -0.15) is 0 Å². The van der Waals surface area contributed by atoms with E-state index in [1.807, 2.05) is 0 Å². The average molecular weight is 480 g/mol. The molecule has 0 aliphatic carbocycles. The van der Waals surface area contributed by atoms with Crippen LogP contribution in [-0.4, -0.2) is 30.8 Å². The number of anilines is 3. The van der Waals surface area contributed by atoms with E-state index in [4.69, 9.17) is 28.9 Å². The zero-order chi connectivity index (χ0) is 22.8. The number of sulfonamides is 1. The molecule has 0 saturated carbocycles. The highest BCUT2D eigenvalue weighted by molar-refractivity contribution is 7.92. The summed E-state index contributed by atoms with van der Waals surface area (Å²) < 4.78 is 28.3. The third-order valence-corrected chi connectivity index (χ3v) is 6.33. The summed E-state index contributed by atoms with van der Waals surface area (Å²) in [5.74, 6) is -0.0134. The first-order chi connectivity index (χ1) is 14.6. The number of pyridine rings is 2. The smallest absolute Gasteiger partial charge is 0.280 e. The number of benzene rings is 1. The van der Waals surface area contributed by atoms with Gasteiger partial charge in [0, 0.05) is 17.8 Å². The molecule has 0 saturated heterocycles. The Bertz CT molecular complexity index is 1250. The quantitative estimate of drug-likeness (QED) is 0.548. The van der Waals surface area contributed by atoms with Crippen LogP contribution in [0.25, 0.3) is 0 Å². The van der Waals surface area contributed by atoms with Crippen molar-refractivity contribution in [2.24, 2.45) is 0 Å². The number of aromatic nitrogens is 2. The number of carbonyl (C=O) groups excluding carboxylic acids is 1. The monoisotopic (exact) mass is 479 g/mol. The Morgan fingerprint density at radius 3 is 2.58 bits per heavy atom. The van der Waals surface area contributed by atoms with Gasteiger partial charge in [-0.15, -0.1) is 0 Å². The van der Waals surface area contributed by atoms with Crippen LogP contribution in [0, 0.1) is 6.92 Å². The number of halogens is 2. The highest BCUT2D eigenvalue weighted by Crippen LogP contribution is 2.26. The lowest BCUT2D eigenvalue weighted by atomic mass is 10.2. The molecule has 0 unspecified atom stereocenters. The van der Waals surface area contributed by atoms with Crippen molar-refractivity contribution in [2.75, 3.05) is 21.9 Å². The van der Waals surface area contributed by atoms with Crippen LogP contribution < -0.4 is 15.4 Å². The van der Waals surface area contributed by atoms with E-state index in [-0.39, 0.29) is 33.7 Å². The van der Waals surface area contributed by atoms with Gasteiger partial charge >= 0.3 is 0 Å². The van der Waals surface area contributed by atoms with Crippen LogP contribution >= 0.6 is 23.2 Å². The molecule has 31 heavy (non-hydrogen) atoms. The predicted molar refractivity (Wildman–Crippen MR) is 122 cm³/mol. The molecule has 8 nitrogen and oxygen atoms in total. The number of hydrogen-bond donors (Lipinski definition) is 2. The van der Waals surface area contributed by atoms with Crippen LogP contribution in [-0.2, 0) is 10.0 Å². The van der Waals surface area contributed by atoms with Gasteiger partial charge in [0.2, 0.25) is 0 Å². The Balaban J connectivity index is 2.02. The number of rotatable bonds is 6. The minimum atomic E-state index is -4.04. The number of hydrogen-bond acceptors (Lipinski definition) is 6. The van der Waals surface area contributed by atoms with Crippen molar-refractivity contribution in [3.63, 3.8) is 0 Å². The van der Waals surface area contributed by atoms with Crippen molar-refractivity contribution < 1.29 is 13.2 Å². The van der Waals surface area contributed by atoms with Gasteiger partial charge in [-0.25, -0.2) is 18.4 Å². The number of nitrogen functional groups attached to an aromatic ring is 1. The molecule has 3 rings (SSSR count). The van der Waals surface area contributed by atoms with Gasteiger partial charge in [-0.05, 0) is 55.8 Å². The van der Waals surface area contributed by atoms with E-state index in [0.717, 1.165) is 0 Å². The van der Waals surface area contributed by atoms with E-state index in [1.165, 1.54) is 35.4 Å². The minimum absolute atomic E-state index is 0.0161. The molecule has 11 heteroatoms. The fourth-order valence-corrected chi connectivity index (χ4v) is 4.22. The molecule has 0 radical (unpaired) electrons.